The molecule has 0 aliphatic heterocycles. The van der Waals surface area contributed by atoms with E-state index in [0.717, 1.165) is 12.8 Å². The smallest absolute Gasteiger partial charge is 0.223 e. The minimum Gasteiger partial charge on any atom is -0.354 e. The molecule has 1 aliphatic carbocycles. The fraction of sp³-hybridized carbons (Fsp3) is 0.929. The normalized spacial score (nSPS) is 20.7. The van der Waals surface area contributed by atoms with Gasteiger partial charge in [0.05, 0.1) is 5.38 Å². The molecule has 1 amide bonds. The molecule has 100 valence electrons. The molecule has 1 fully saturated rings. The molecule has 1 unspecified atom stereocenters. The van der Waals surface area contributed by atoms with Crippen molar-refractivity contribution in [2.45, 2.75) is 64.2 Å². The average molecular weight is 260 g/mol. The Morgan fingerprint density at radius 3 is 2.24 bits per heavy atom. The average Bonchev–Trinajstić information content (AvgIpc) is 2.24. The van der Waals surface area contributed by atoms with Gasteiger partial charge in [0.1, 0.15) is 0 Å². The van der Waals surface area contributed by atoms with E-state index in [-0.39, 0.29) is 17.2 Å². The molecule has 0 aromatic heterocycles. The van der Waals surface area contributed by atoms with Gasteiger partial charge in [-0.1, -0.05) is 46.0 Å². The Balaban J connectivity index is 2.29. The van der Waals surface area contributed by atoms with Crippen LogP contribution in [0.2, 0.25) is 0 Å². The summed E-state index contributed by atoms with van der Waals surface area (Å²) in [7, 11) is 0. The molecule has 0 aromatic rings. The third-order valence-electron chi connectivity index (χ3n) is 3.67. The summed E-state index contributed by atoms with van der Waals surface area (Å²) in [6, 6.07) is 0. The van der Waals surface area contributed by atoms with Crippen LogP contribution in [-0.2, 0) is 4.79 Å². The lowest BCUT2D eigenvalue weighted by Gasteiger charge is -2.21. The molecule has 0 bridgehead atoms. The number of nitrogens with one attached hydrogen (secondary N) is 1. The lowest BCUT2D eigenvalue weighted by atomic mass is 9.90. The molecule has 2 nitrogen and oxygen atoms in total. The summed E-state index contributed by atoms with van der Waals surface area (Å²) in [6.45, 7) is 4.77. The lowest BCUT2D eigenvalue weighted by molar-refractivity contribution is -0.125. The van der Waals surface area contributed by atoms with Crippen molar-refractivity contribution in [3.8, 4) is 0 Å². The third-order valence-corrected chi connectivity index (χ3v) is 4.33. The predicted octanol–water partition coefficient (Wildman–Crippen LogP) is 3.73. The van der Waals surface area contributed by atoms with Gasteiger partial charge in [-0.3, -0.25) is 4.79 Å². The van der Waals surface area contributed by atoms with E-state index in [4.69, 9.17) is 11.6 Å². The van der Waals surface area contributed by atoms with Crippen molar-refractivity contribution in [2.75, 3.05) is 6.54 Å². The van der Waals surface area contributed by atoms with E-state index < -0.39 is 0 Å². The quantitative estimate of drug-likeness (QED) is 0.766. The second-order valence-electron chi connectivity index (χ2n) is 5.55. The number of rotatable bonds is 4. The molecule has 0 spiro atoms. The summed E-state index contributed by atoms with van der Waals surface area (Å²) in [4.78, 5) is 12.0. The van der Waals surface area contributed by atoms with Gasteiger partial charge in [-0.25, -0.2) is 0 Å². The monoisotopic (exact) mass is 259 g/mol. The third kappa shape index (κ3) is 5.76. The van der Waals surface area contributed by atoms with Crippen LogP contribution in [0.1, 0.15) is 58.8 Å². The molecule has 0 saturated heterocycles. The topological polar surface area (TPSA) is 29.1 Å². The fourth-order valence-electron chi connectivity index (χ4n) is 2.30. The SMILES string of the molecule is CC(C)C(Cl)CNC(=O)C1CCCCCCC1. The summed E-state index contributed by atoms with van der Waals surface area (Å²) in [5, 5.41) is 3.06. The van der Waals surface area contributed by atoms with E-state index in [1.54, 1.807) is 0 Å². The zero-order valence-corrected chi connectivity index (χ0v) is 11.9. The van der Waals surface area contributed by atoms with Gasteiger partial charge in [0.2, 0.25) is 5.91 Å². The molecule has 1 aliphatic rings. The van der Waals surface area contributed by atoms with Crippen LogP contribution in [0.4, 0.5) is 0 Å². The van der Waals surface area contributed by atoms with Crippen molar-refractivity contribution in [1.29, 1.82) is 0 Å². The predicted molar refractivity (Wildman–Crippen MR) is 73.3 cm³/mol. The highest BCUT2D eigenvalue weighted by atomic mass is 35.5. The van der Waals surface area contributed by atoms with Crippen molar-refractivity contribution >= 4 is 17.5 Å². The number of carbonyl (C=O) groups is 1. The number of hydrogen-bond donors (Lipinski definition) is 1. The Hall–Kier alpha value is -0.240. The minimum atomic E-state index is 0.0486. The molecule has 0 heterocycles. The van der Waals surface area contributed by atoms with Crippen LogP contribution in [0.3, 0.4) is 0 Å². The van der Waals surface area contributed by atoms with Crippen LogP contribution in [0, 0.1) is 11.8 Å². The van der Waals surface area contributed by atoms with Gasteiger partial charge < -0.3 is 5.32 Å². The van der Waals surface area contributed by atoms with Crippen molar-refractivity contribution in [3.05, 3.63) is 0 Å². The number of amides is 1. The highest BCUT2D eigenvalue weighted by Gasteiger charge is 2.20. The number of carbonyl (C=O) groups excluding carboxylic acids is 1. The Labute approximate surface area is 110 Å². The van der Waals surface area contributed by atoms with Crippen molar-refractivity contribution < 1.29 is 4.79 Å². The maximum atomic E-state index is 12.0. The van der Waals surface area contributed by atoms with Gasteiger partial charge in [0.15, 0.2) is 0 Å². The number of hydrogen-bond acceptors (Lipinski definition) is 1. The van der Waals surface area contributed by atoms with Crippen LogP contribution in [-0.4, -0.2) is 17.8 Å². The molecule has 17 heavy (non-hydrogen) atoms. The van der Waals surface area contributed by atoms with E-state index >= 15 is 0 Å². The molecule has 1 saturated carbocycles. The zero-order chi connectivity index (χ0) is 12.7. The lowest BCUT2D eigenvalue weighted by Crippen LogP contribution is -2.36. The Morgan fingerprint density at radius 1 is 1.18 bits per heavy atom. The zero-order valence-electron chi connectivity index (χ0n) is 11.2. The first-order valence-corrected chi connectivity index (χ1v) is 7.46. The highest BCUT2D eigenvalue weighted by molar-refractivity contribution is 6.21. The molecular formula is C14H26ClNO. The molecule has 0 radical (unpaired) electrons. The molecule has 1 N–H and O–H groups in total. The first-order chi connectivity index (χ1) is 8.11. The van der Waals surface area contributed by atoms with Gasteiger partial charge in [-0.2, -0.15) is 0 Å². The summed E-state index contributed by atoms with van der Waals surface area (Å²) in [6.07, 6.45) is 8.42. The summed E-state index contributed by atoms with van der Waals surface area (Å²) >= 11 is 6.14. The number of halogens is 1. The van der Waals surface area contributed by atoms with Crippen LogP contribution in [0.5, 0.6) is 0 Å². The number of alkyl halides is 1. The van der Waals surface area contributed by atoms with E-state index in [2.05, 4.69) is 19.2 Å². The van der Waals surface area contributed by atoms with Gasteiger partial charge in [0, 0.05) is 12.5 Å². The maximum Gasteiger partial charge on any atom is 0.223 e. The van der Waals surface area contributed by atoms with E-state index in [9.17, 15) is 4.79 Å². The van der Waals surface area contributed by atoms with Crippen LogP contribution in [0.25, 0.3) is 0 Å². The molecular weight excluding hydrogens is 234 g/mol. The fourth-order valence-corrected chi connectivity index (χ4v) is 2.37. The molecule has 3 heteroatoms. The van der Waals surface area contributed by atoms with Crippen molar-refractivity contribution in [1.82, 2.24) is 5.32 Å². The first kappa shape index (κ1) is 14.8. The van der Waals surface area contributed by atoms with Gasteiger partial charge >= 0.3 is 0 Å². The Kier molecular flexibility index (Phi) is 6.94. The van der Waals surface area contributed by atoms with E-state index in [1.165, 1.54) is 32.1 Å². The van der Waals surface area contributed by atoms with Crippen LogP contribution >= 0.6 is 11.6 Å². The Bertz CT molecular complexity index is 222. The molecule has 1 atom stereocenters. The minimum absolute atomic E-state index is 0.0486. The van der Waals surface area contributed by atoms with Crippen LogP contribution < -0.4 is 5.32 Å². The molecule has 1 rings (SSSR count). The van der Waals surface area contributed by atoms with Gasteiger partial charge in [-0.15, -0.1) is 11.6 Å². The van der Waals surface area contributed by atoms with Gasteiger partial charge in [0.25, 0.3) is 0 Å². The second kappa shape index (κ2) is 7.97. The Morgan fingerprint density at radius 2 is 1.71 bits per heavy atom. The molecule has 0 aromatic carbocycles. The summed E-state index contributed by atoms with van der Waals surface area (Å²) < 4.78 is 0. The van der Waals surface area contributed by atoms with Crippen LogP contribution in [0.15, 0.2) is 0 Å². The van der Waals surface area contributed by atoms with Gasteiger partial charge in [-0.05, 0) is 18.8 Å². The maximum absolute atomic E-state index is 12.0. The van der Waals surface area contributed by atoms with Crippen molar-refractivity contribution in [2.24, 2.45) is 11.8 Å². The van der Waals surface area contributed by atoms with Crippen molar-refractivity contribution in [3.63, 3.8) is 0 Å². The first-order valence-electron chi connectivity index (χ1n) is 7.03. The van der Waals surface area contributed by atoms with E-state index in [0.29, 0.717) is 12.5 Å². The summed E-state index contributed by atoms with van der Waals surface area (Å²) in [5.74, 6) is 0.860. The largest absolute Gasteiger partial charge is 0.354 e. The van der Waals surface area contributed by atoms with E-state index in [1.807, 2.05) is 0 Å². The standard InChI is InChI=1S/C14H26ClNO/c1-11(2)13(15)10-16-14(17)12-8-6-4-3-5-7-9-12/h11-13H,3-10H2,1-2H3,(H,16,17). The second-order valence-corrected chi connectivity index (χ2v) is 6.11. The highest BCUT2D eigenvalue weighted by Crippen LogP contribution is 2.22. The summed E-state index contributed by atoms with van der Waals surface area (Å²) in [5.41, 5.74) is 0.